The number of aromatic nitrogens is 2. The number of nitrogens with zero attached hydrogens (tertiary/aromatic N) is 1. The predicted octanol–water partition coefficient (Wildman–Crippen LogP) is 3.52. The molecule has 7 nitrogen and oxygen atoms in total. The highest BCUT2D eigenvalue weighted by molar-refractivity contribution is 9.10. The second-order valence-electron chi connectivity index (χ2n) is 4.91. The normalized spacial score (nSPS) is 14.3. The number of hydroxylamine groups is 1. The molecule has 2 aromatic carbocycles. The average Bonchev–Trinajstić information content (AvgIpc) is 3.11. The maximum Gasteiger partial charge on any atom is 0.277 e. The van der Waals surface area contributed by atoms with Crippen molar-refractivity contribution >= 4 is 55.8 Å². The number of halogens is 3. The van der Waals surface area contributed by atoms with Gasteiger partial charge in [-0.1, -0.05) is 27.5 Å². The highest BCUT2D eigenvalue weighted by atomic mass is 79.9. The summed E-state index contributed by atoms with van der Waals surface area (Å²) in [7, 11) is 0. The zero-order valence-corrected chi connectivity index (χ0v) is 15.1. The second-order valence-corrected chi connectivity index (χ2v) is 6.23. The molecule has 10 heteroatoms. The van der Waals surface area contributed by atoms with Crippen LogP contribution in [0.5, 0.6) is 0 Å². The maximum atomic E-state index is 15.1. The van der Waals surface area contributed by atoms with Crippen LogP contribution in [0.3, 0.4) is 0 Å². The molecule has 3 rings (SSSR count). The van der Waals surface area contributed by atoms with E-state index in [0.717, 1.165) is 0 Å². The van der Waals surface area contributed by atoms with Crippen molar-refractivity contribution in [2.75, 3.05) is 18.4 Å². The van der Waals surface area contributed by atoms with Crippen molar-refractivity contribution in [3.8, 4) is 0 Å². The van der Waals surface area contributed by atoms with Gasteiger partial charge in [0.05, 0.1) is 52.4 Å². The lowest BCUT2D eigenvalue weighted by Gasteiger charge is -2.15. The number of benzene rings is 2. The van der Waals surface area contributed by atoms with Crippen LogP contribution in [-0.2, 0) is 4.84 Å². The summed E-state index contributed by atoms with van der Waals surface area (Å²) in [5, 5.41) is 12.1. The highest BCUT2D eigenvalue weighted by Crippen LogP contribution is 2.33. The van der Waals surface area contributed by atoms with Gasteiger partial charge in [-0.05, 0) is 24.3 Å². The number of aromatic amines is 1. The smallest absolute Gasteiger partial charge is 0.277 e. The van der Waals surface area contributed by atoms with Crippen LogP contribution in [0.1, 0.15) is 15.8 Å². The number of nitrogens with one attached hydrogen (secondary N) is 3. The number of aliphatic hydroxyl groups is 1. The van der Waals surface area contributed by atoms with Gasteiger partial charge in [0.15, 0.2) is 5.82 Å². The van der Waals surface area contributed by atoms with Gasteiger partial charge in [0.1, 0.15) is 5.52 Å². The van der Waals surface area contributed by atoms with Crippen LogP contribution in [0.25, 0.3) is 11.0 Å². The molecule has 0 saturated heterocycles. The molecule has 0 atom stereocenters. The monoisotopic (exact) mass is 446 g/mol. The molecule has 1 amide bonds. The SMILES string of the molecule is [2H]C([2H])(O)C([2H])([2H])ONC(=O)c1cc2[nH]cnc2c(F)c1Nc1ccc(Br)cc1Cl. The molecule has 0 saturated carbocycles. The van der Waals surface area contributed by atoms with Crippen LogP contribution in [-0.4, -0.2) is 34.1 Å². The highest BCUT2D eigenvalue weighted by Gasteiger charge is 2.21. The van der Waals surface area contributed by atoms with E-state index in [1.807, 2.05) is 0 Å². The summed E-state index contributed by atoms with van der Waals surface area (Å²) in [6.07, 6.45) is 1.22. The molecule has 136 valence electrons. The molecular weight excluding hydrogens is 431 g/mol. The number of anilines is 2. The number of hydrogen-bond donors (Lipinski definition) is 4. The molecule has 4 N–H and O–H groups in total. The van der Waals surface area contributed by atoms with E-state index in [0.29, 0.717) is 4.47 Å². The first-order valence-corrected chi connectivity index (χ1v) is 8.16. The third-order valence-corrected chi connectivity index (χ3v) is 4.14. The van der Waals surface area contributed by atoms with Gasteiger partial charge in [0, 0.05) is 4.47 Å². The Bertz CT molecular complexity index is 1130. The summed E-state index contributed by atoms with van der Waals surface area (Å²) in [4.78, 5) is 23.5. The van der Waals surface area contributed by atoms with Crippen molar-refractivity contribution in [3.05, 3.63) is 51.5 Å². The van der Waals surface area contributed by atoms with Gasteiger partial charge < -0.3 is 15.4 Å². The quantitative estimate of drug-likeness (QED) is 0.433. The van der Waals surface area contributed by atoms with Crippen molar-refractivity contribution in [3.63, 3.8) is 0 Å². The molecule has 26 heavy (non-hydrogen) atoms. The third kappa shape index (κ3) is 3.80. The summed E-state index contributed by atoms with van der Waals surface area (Å²) < 4.78 is 44.5. The van der Waals surface area contributed by atoms with Crippen molar-refractivity contribution in [1.29, 1.82) is 0 Å². The number of fused-ring (bicyclic) bond motifs is 1. The molecule has 0 aliphatic rings. The molecule has 3 aromatic rings. The molecule has 0 bridgehead atoms. The largest absolute Gasteiger partial charge is 0.394 e. The van der Waals surface area contributed by atoms with E-state index in [1.54, 1.807) is 17.6 Å². The minimum absolute atomic E-state index is 0.0646. The molecule has 0 radical (unpaired) electrons. The van der Waals surface area contributed by atoms with Crippen LogP contribution in [0.15, 0.2) is 35.1 Å². The van der Waals surface area contributed by atoms with Crippen molar-refractivity contribution in [2.24, 2.45) is 0 Å². The van der Waals surface area contributed by atoms with Crippen LogP contribution in [0.4, 0.5) is 15.8 Å². The molecule has 0 spiro atoms. The zero-order valence-electron chi connectivity index (χ0n) is 16.7. The molecule has 1 heterocycles. The number of carbonyl (C=O) groups excluding carboxylic acids is 1. The molecule has 0 fully saturated rings. The number of amides is 1. The Morgan fingerprint density at radius 3 is 3.04 bits per heavy atom. The van der Waals surface area contributed by atoms with E-state index in [4.69, 9.17) is 22.2 Å². The Hall–Kier alpha value is -2.20. The summed E-state index contributed by atoms with van der Waals surface area (Å²) >= 11 is 9.40. The first-order valence-electron chi connectivity index (χ1n) is 8.99. The van der Waals surface area contributed by atoms with Gasteiger partial charge in [-0.15, -0.1) is 0 Å². The van der Waals surface area contributed by atoms with Gasteiger partial charge in [0.25, 0.3) is 5.91 Å². The number of carbonyl (C=O) groups is 1. The standard InChI is InChI=1S/C16H13BrClFN4O3/c17-8-1-2-11(10(18)5-8)22-14-9(16(25)23-26-4-3-24)6-12-15(13(14)19)21-7-20-12/h1-2,5-7,22,24H,3-4H2,(H,20,21)(H,23,25)/i3D2,4D2. The van der Waals surface area contributed by atoms with Crippen molar-refractivity contribution in [1.82, 2.24) is 15.4 Å². The lowest BCUT2D eigenvalue weighted by molar-refractivity contribution is 0.0169. The van der Waals surface area contributed by atoms with E-state index < -0.39 is 24.8 Å². The summed E-state index contributed by atoms with van der Waals surface area (Å²) in [6, 6.07) is 5.97. The fourth-order valence-corrected chi connectivity index (χ4v) is 2.94. The van der Waals surface area contributed by atoms with Crippen molar-refractivity contribution < 1.29 is 24.6 Å². The minimum Gasteiger partial charge on any atom is -0.394 e. The number of rotatable bonds is 6. The first-order chi connectivity index (χ1) is 13.9. The average molecular weight is 448 g/mol. The summed E-state index contributed by atoms with van der Waals surface area (Å²) in [6.45, 7) is -6.69. The van der Waals surface area contributed by atoms with Gasteiger partial charge >= 0.3 is 0 Å². The number of hydrogen-bond acceptors (Lipinski definition) is 5. The van der Waals surface area contributed by atoms with E-state index in [2.05, 4.69) is 36.1 Å². The van der Waals surface area contributed by atoms with Gasteiger partial charge in [-0.3, -0.25) is 9.63 Å². The Balaban J connectivity index is 2.00. The molecular formula is C16H13BrClFN4O3. The Morgan fingerprint density at radius 2 is 2.31 bits per heavy atom. The third-order valence-electron chi connectivity index (χ3n) is 3.33. The molecule has 1 aromatic heterocycles. The predicted molar refractivity (Wildman–Crippen MR) is 99.0 cm³/mol. The topological polar surface area (TPSA) is 99.3 Å². The second kappa shape index (κ2) is 8.00. The zero-order chi connectivity index (χ0) is 22.3. The van der Waals surface area contributed by atoms with Crippen molar-refractivity contribution in [2.45, 2.75) is 0 Å². The lowest BCUT2D eigenvalue weighted by atomic mass is 10.1. The van der Waals surface area contributed by atoms with Crippen LogP contribution in [0, 0.1) is 5.82 Å². The molecule has 0 aliphatic heterocycles. The Morgan fingerprint density at radius 1 is 1.50 bits per heavy atom. The van der Waals surface area contributed by atoms with Gasteiger partial charge in [-0.25, -0.2) is 14.9 Å². The van der Waals surface area contributed by atoms with Crippen LogP contribution < -0.4 is 10.8 Å². The Kier molecular flexibility index (Phi) is 4.29. The van der Waals surface area contributed by atoms with E-state index in [1.165, 1.54) is 18.5 Å². The Labute approximate surface area is 166 Å². The van der Waals surface area contributed by atoms with E-state index >= 15 is 4.39 Å². The van der Waals surface area contributed by atoms with E-state index in [-0.39, 0.29) is 33.0 Å². The minimum atomic E-state index is -3.41. The number of imidazole rings is 1. The van der Waals surface area contributed by atoms with E-state index in [9.17, 15) is 4.79 Å². The fourth-order valence-electron chi connectivity index (χ4n) is 2.22. The maximum absolute atomic E-state index is 15.1. The van der Waals surface area contributed by atoms with Gasteiger partial charge in [0.2, 0.25) is 0 Å². The summed E-state index contributed by atoms with van der Waals surface area (Å²) in [5.74, 6) is -2.01. The van der Waals surface area contributed by atoms with Crippen LogP contribution >= 0.6 is 27.5 Å². The lowest BCUT2D eigenvalue weighted by Crippen LogP contribution is -2.26. The first kappa shape index (κ1) is 13.9. The molecule has 0 aliphatic carbocycles. The fraction of sp³-hybridized carbons (Fsp3) is 0.125. The van der Waals surface area contributed by atoms with Crippen LogP contribution in [0.2, 0.25) is 5.02 Å². The van der Waals surface area contributed by atoms with Gasteiger partial charge in [-0.2, -0.15) is 0 Å². The summed E-state index contributed by atoms with van der Waals surface area (Å²) in [5.41, 5.74) is 1.41. The number of H-pyrrole nitrogens is 1. The molecule has 0 unspecified atom stereocenters.